The summed E-state index contributed by atoms with van der Waals surface area (Å²) in [4.78, 5) is 44.1. The lowest BCUT2D eigenvalue weighted by atomic mass is 9.95. The summed E-state index contributed by atoms with van der Waals surface area (Å²) in [6, 6.07) is 7.23. The third kappa shape index (κ3) is 3.08. The number of aromatic nitrogens is 1. The SMILES string of the molecule is O=C(CCCN1C(=O)C2Cc3ccccc3CN2C1=O)Nc1nccs1. The zero-order valence-corrected chi connectivity index (χ0v) is 14.9. The standard InChI is InChI=1S/C18H18N4O3S/c23-15(20-17-19-7-9-26-17)6-3-8-21-16(24)14-10-12-4-1-2-5-13(12)11-22(14)18(21)25/h1-2,4-5,7,9,14H,3,6,8,10-11H2,(H,19,20,23). The van der Waals surface area contributed by atoms with Crippen LogP contribution in [0.5, 0.6) is 0 Å². The van der Waals surface area contributed by atoms with Gasteiger partial charge in [0.05, 0.1) is 0 Å². The summed E-state index contributed by atoms with van der Waals surface area (Å²) < 4.78 is 0. The van der Waals surface area contributed by atoms with Crippen molar-refractivity contribution in [1.29, 1.82) is 0 Å². The van der Waals surface area contributed by atoms with Crippen molar-refractivity contribution in [3.8, 4) is 0 Å². The van der Waals surface area contributed by atoms with E-state index in [9.17, 15) is 14.4 Å². The number of benzene rings is 1. The van der Waals surface area contributed by atoms with Gasteiger partial charge in [0.15, 0.2) is 5.13 Å². The molecule has 26 heavy (non-hydrogen) atoms. The minimum atomic E-state index is -0.415. The van der Waals surface area contributed by atoms with Crippen LogP contribution in [-0.4, -0.2) is 45.2 Å². The first-order valence-electron chi connectivity index (χ1n) is 8.51. The van der Waals surface area contributed by atoms with E-state index in [1.165, 1.54) is 16.2 Å². The molecule has 0 saturated carbocycles. The van der Waals surface area contributed by atoms with Crippen LogP contribution in [0.15, 0.2) is 35.8 Å². The molecule has 1 N–H and O–H groups in total. The van der Waals surface area contributed by atoms with Crippen molar-refractivity contribution in [3.63, 3.8) is 0 Å². The molecule has 1 atom stereocenters. The first-order valence-corrected chi connectivity index (χ1v) is 9.39. The van der Waals surface area contributed by atoms with Crippen molar-refractivity contribution in [2.24, 2.45) is 0 Å². The zero-order valence-electron chi connectivity index (χ0n) is 14.1. The first kappa shape index (κ1) is 16.7. The Hall–Kier alpha value is -2.74. The van der Waals surface area contributed by atoms with Crippen LogP contribution in [-0.2, 0) is 22.6 Å². The lowest BCUT2D eigenvalue weighted by Gasteiger charge is -2.28. The highest BCUT2D eigenvalue weighted by molar-refractivity contribution is 7.13. The molecule has 7 nitrogen and oxygen atoms in total. The number of anilines is 1. The Kier molecular flexibility index (Phi) is 4.42. The van der Waals surface area contributed by atoms with Crippen LogP contribution >= 0.6 is 11.3 Å². The molecule has 4 amide bonds. The predicted octanol–water partition coefficient (Wildman–Crippen LogP) is 2.25. The summed E-state index contributed by atoms with van der Waals surface area (Å²) in [5.41, 5.74) is 2.22. The topological polar surface area (TPSA) is 82.6 Å². The van der Waals surface area contributed by atoms with Crippen molar-refractivity contribution >= 4 is 34.3 Å². The molecule has 8 heteroatoms. The number of amides is 4. The number of fused-ring (bicyclic) bond motifs is 2. The summed E-state index contributed by atoms with van der Waals surface area (Å²) in [5, 5.41) is 5.04. The van der Waals surface area contributed by atoms with Gasteiger partial charge < -0.3 is 10.2 Å². The van der Waals surface area contributed by atoms with Gasteiger partial charge in [0.1, 0.15) is 6.04 Å². The van der Waals surface area contributed by atoms with E-state index in [0.29, 0.717) is 24.5 Å². The Labute approximate surface area is 154 Å². The van der Waals surface area contributed by atoms with E-state index >= 15 is 0 Å². The Morgan fingerprint density at radius 2 is 2.08 bits per heavy atom. The van der Waals surface area contributed by atoms with Crippen molar-refractivity contribution in [3.05, 3.63) is 47.0 Å². The third-order valence-corrected chi connectivity index (χ3v) is 5.43. The van der Waals surface area contributed by atoms with Gasteiger partial charge in [0, 0.05) is 37.5 Å². The van der Waals surface area contributed by atoms with E-state index in [-0.39, 0.29) is 30.8 Å². The van der Waals surface area contributed by atoms with E-state index in [0.717, 1.165) is 11.1 Å². The van der Waals surface area contributed by atoms with Gasteiger partial charge in [0.2, 0.25) is 5.91 Å². The maximum Gasteiger partial charge on any atom is 0.327 e. The van der Waals surface area contributed by atoms with Crippen LogP contribution in [0.1, 0.15) is 24.0 Å². The minimum absolute atomic E-state index is 0.162. The molecule has 0 spiro atoms. The number of nitrogens with zero attached hydrogens (tertiary/aromatic N) is 3. The van der Waals surface area contributed by atoms with Gasteiger partial charge in [0.25, 0.3) is 5.91 Å². The summed E-state index contributed by atoms with van der Waals surface area (Å²) in [6.07, 6.45) is 2.85. The van der Waals surface area contributed by atoms with Gasteiger partial charge in [-0.2, -0.15) is 0 Å². The van der Waals surface area contributed by atoms with Gasteiger partial charge in [-0.15, -0.1) is 11.3 Å². The lowest BCUT2D eigenvalue weighted by molar-refractivity contribution is -0.128. The molecule has 1 fully saturated rings. The Bertz CT molecular complexity index is 809. The number of hydrogen-bond donors (Lipinski definition) is 1. The molecule has 2 aromatic rings. The number of rotatable bonds is 5. The smallest absolute Gasteiger partial charge is 0.308 e. The van der Waals surface area contributed by atoms with Gasteiger partial charge in [-0.3, -0.25) is 14.5 Å². The number of urea groups is 1. The molecule has 0 aliphatic carbocycles. The molecule has 4 rings (SSSR count). The maximum absolute atomic E-state index is 12.6. The fourth-order valence-electron chi connectivity index (χ4n) is 3.44. The summed E-state index contributed by atoms with van der Waals surface area (Å²) in [5.74, 6) is -0.325. The summed E-state index contributed by atoms with van der Waals surface area (Å²) in [7, 11) is 0. The van der Waals surface area contributed by atoms with Crippen LogP contribution < -0.4 is 5.32 Å². The largest absolute Gasteiger partial charge is 0.327 e. The highest BCUT2D eigenvalue weighted by Crippen LogP contribution is 2.30. The van der Waals surface area contributed by atoms with Gasteiger partial charge >= 0.3 is 6.03 Å². The predicted molar refractivity (Wildman–Crippen MR) is 96.6 cm³/mol. The highest BCUT2D eigenvalue weighted by atomic mass is 32.1. The molecule has 1 aromatic heterocycles. The number of thiazole rings is 1. The third-order valence-electron chi connectivity index (χ3n) is 4.74. The van der Waals surface area contributed by atoms with Crippen molar-refractivity contribution < 1.29 is 14.4 Å². The molecule has 0 bridgehead atoms. The van der Waals surface area contributed by atoms with Gasteiger partial charge in [-0.05, 0) is 17.5 Å². The van der Waals surface area contributed by atoms with E-state index in [4.69, 9.17) is 0 Å². The van der Waals surface area contributed by atoms with E-state index < -0.39 is 6.04 Å². The van der Waals surface area contributed by atoms with Crippen LogP contribution in [0.25, 0.3) is 0 Å². The molecule has 1 unspecified atom stereocenters. The van der Waals surface area contributed by atoms with Crippen molar-refractivity contribution in [2.45, 2.75) is 31.8 Å². The van der Waals surface area contributed by atoms with Gasteiger partial charge in [-0.25, -0.2) is 9.78 Å². The van der Waals surface area contributed by atoms with Crippen molar-refractivity contribution in [2.75, 3.05) is 11.9 Å². The van der Waals surface area contributed by atoms with E-state index in [1.807, 2.05) is 24.3 Å². The minimum Gasteiger partial charge on any atom is -0.308 e. The fourth-order valence-corrected chi connectivity index (χ4v) is 3.99. The number of imide groups is 1. The number of carbonyl (C=O) groups excluding carboxylic acids is 3. The number of hydrogen-bond acceptors (Lipinski definition) is 5. The Morgan fingerprint density at radius 1 is 1.27 bits per heavy atom. The summed E-state index contributed by atoms with van der Waals surface area (Å²) >= 11 is 1.35. The van der Waals surface area contributed by atoms with Crippen LogP contribution in [0.4, 0.5) is 9.93 Å². The Balaban J connectivity index is 1.35. The van der Waals surface area contributed by atoms with Gasteiger partial charge in [-0.1, -0.05) is 24.3 Å². The summed E-state index contributed by atoms with van der Waals surface area (Å²) in [6.45, 7) is 0.721. The second-order valence-corrected chi connectivity index (χ2v) is 7.27. The molecule has 1 saturated heterocycles. The van der Waals surface area contributed by atoms with E-state index in [2.05, 4.69) is 10.3 Å². The average Bonchev–Trinajstić information content (AvgIpc) is 3.23. The molecule has 3 heterocycles. The number of nitrogens with one attached hydrogen (secondary N) is 1. The first-order chi connectivity index (χ1) is 12.6. The number of carbonyl (C=O) groups is 3. The Morgan fingerprint density at radius 3 is 2.85 bits per heavy atom. The van der Waals surface area contributed by atoms with Crippen LogP contribution in [0.2, 0.25) is 0 Å². The molecular weight excluding hydrogens is 352 g/mol. The average molecular weight is 370 g/mol. The molecule has 1 aromatic carbocycles. The highest BCUT2D eigenvalue weighted by Gasteiger charge is 2.46. The quantitative estimate of drug-likeness (QED) is 0.819. The normalized spacial score (nSPS) is 18.7. The second kappa shape index (κ2) is 6.87. The molecule has 134 valence electrons. The zero-order chi connectivity index (χ0) is 18.1. The molecule has 2 aliphatic rings. The second-order valence-electron chi connectivity index (χ2n) is 6.38. The van der Waals surface area contributed by atoms with Crippen LogP contribution in [0.3, 0.4) is 0 Å². The van der Waals surface area contributed by atoms with Crippen molar-refractivity contribution in [1.82, 2.24) is 14.8 Å². The maximum atomic E-state index is 12.6. The van der Waals surface area contributed by atoms with E-state index in [1.54, 1.807) is 16.5 Å². The fraction of sp³-hybridized carbons (Fsp3) is 0.333. The monoisotopic (exact) mass is 370 g/mol. The van der Waals surface area contributed by atoms with Crippen LogP contribution in [0, 0.1) is 0 Å². The lowest BCUT2D eigenvalue weighted by Crippen LogP contribution is -2.39. The molecule has 0 radical (unpaired) electrons. The molecule has 2 aliphatic heterocycles. The molecular formula is C18H18N4O3S.